The molecule has 0 spiro atoms. The number of methoxy groups -OCH3 is 1. The van der Waals surface area contributed by atoms with E-state index in [2.05, 4.69) is 0 Å². The van der Waals surface area contributed by atoms with Crippen LogP contribution in [-0.4, -0.2) is 17.1 Å². The average molecular weight is 293 g/mol. The summed E-state index contributed by atoms with van der Waals surface area (Å²) in [4.78, 5) is 10.3. The average Bonchev–Trinajstić information content (AvgIpc) is 2.47. The Balaban J connectivity index is 2.42. The summed E-state index contributed by atoms with van der Waals surface area (Å²) in [6, 6.07) is 7.52. The first kappa shape index (κ1) is 14.7. The van der Waals surface area contributed by atoms with Crippen molar-refractivity contribution in [3.63, 3.8) is 0 Å². The molecule has 0 amide bonds. The largest absolute Gasteiger partial charge is 0.493 e. The number of nitrogens with zero attached hydrogens (tertiary/aromatic N) is 1. The standard InChI is InChI=1S/C14H12FNO5/c1-20-14-6-9(8-17)2-5-12(14)21-13-7-10(15)3-4-11(13)16(18)19/h2-7,17H,8H2,1H3. The van der Waals surface area contributed by atoms with Gasteiger partial charge in [-0.25, -0.2) is 4.39 Å². The van der Waals surface area contributed by atoms with Crippen molar-refractivity contribution in [1.29, 1.82) is 0 Å². The van der Waals surface area contributed by atoms with Gasteiger partial charge in [-0.3, -0.25) is 10.1 Å². The molecule has 0 aliphatic rings. The highest BCUT2D eigenvalue weighted by Gasteiger charge is 2.18. The van der Waals surface area contributed by atoms with Gasteiger partial charge in [0.05, 0.1) is 18.6 Å². The molecule has 0 radical (unpaired) electrons. The summed E-state index contributed by atoms with van der Waals surface area (Å²) < 4.78 is 23.7. The third kappa shape index (κ3) is 3.26. The maximum atomic E-state index is 13.2. The number of hydrogen-bond donors (Lipinski definition) is 1. The van der Waals surface area contributed by atoms with Gasteiger partial charge in [0.25, 0.3) is 0 Å². The fourth-order valence-corrected chi connectivity index (χ4v) is 1.73. The molecule has 0 fully saturated rings. The van der Waals surface area contributed by atoms with Crippen LogP contribution in [0.2, 0.25) is 0 Å². The first-order valence-electron chi connectivity index (χ1n) is 5.94. The zero-order chi connectivity index (χ0) is 15.4. The van der Waals surface area contributed by atoms with Crippen molar-refractivity contribution in [3.05, 3.63) is 57.9 Å². The highest BCUT2D eigenvalue weighted by atomic mass is 19.1. The fourth-order valence-electron chi connectivity index (χ4n) is 1.73. The second kappa shape index (κ2) is 6.19. The molecule has 0 heterocycles. The maximum Gasteiger partial charge on any atom is 0.311 e. The minimum absolute atomic E-state index is 0.184. The third-order valence-electron chi connectivity index (χ3n) is 2.75. The van der Waals surface area contributed by atoms with Crippen LogP contribution in [0.1, 0.15) is 5.56 Å². The van der Waals surface area contributed by atoms with E-state index in [0.717, 1.165) is 18.2 Å². The van der Waals surface area contributed by atoms with Crippen molar-refractivity contribution in [2.45, 2.75) is 6.61 Å². The molecule has 1 N–H and O–H groups in total. The Morgan fingerprint density at radius 1 is 1.19 bits per heavy atom. The van der Waals surface area contributed by atoms with Gasteiger partial charge in [-0.1, -0.05) is 6.07 Å². The van der Waals surface area contributed by atoms with Crippen molar-refractivity contribution >= 4 is 5.69 Å². The number of benzene rings is 2. The predicted octanol–water partition coefficient (Wildman–Crippen LogP) is 3.03. The van der Waals surface area contributed by atoms with Crippen molar-refractivity contribution in [1.82, 2.24) is 0 Å². The Kier molecular flexibility index (Phi) is 4.34. The van der Waals surface area contributed by atoms with Gasteiger partial charge < -0.3 is 14.6 Å². The van der Waals surface area contributed by atoms with E-state index in [-0.39, 0.29) is 29.5 Å². The predicted molar refractivity (Wildman–Crippen MR) is 72.0 cm³/mol. The number of hydrogen-bond acceptors (Lipinski definition) is 5. The Labute approximate surface area is 119 Å². The van der Waals surface area contributed by atoms with Gasteiger partial charge in [0, 0.05) is 12.1 Å². The molecular weight excluding hydrogens is 281 g/mol. The topological polar surface area (TPSA) is 81.8 Å². The first-order valence-corrected chi connectivity index (χ1v) is 5.94. The lowest BCUT2D eigenvalue weighted by Gasteiger charge is -2.11. The van der Waals surface area contributed by atoms with Crippen LogP contribution in [0.25, 0.3) is 0 Å². The Hall–Kier alpha value is -2.67. The number of nitro groups is 1. The van der Waals surface area contributed by atoms with Crippen molar-refractivity contribution < 1.29 is 23.9 Å². The van der Waals surface area contributed by atoms with Crippen LogP contribution < -0.4 is 9.47 Å². The van der Waals surface area contributed by atoms with Crippen LogP contribution in [0.15, 0.2) is 36.4 Å². The second-order valence-electron chi connectivity index (χ2n) is 4.11. The van der Waals surface area contributed by atoms with E-state index < -0.39 is 10.7 Å². The molecule has 0 bridgehead atoms. The Morgan fingerprint density at radius 2 is 1.95 bits per heavy atom. The lowest BCUT2D eigenvalue weighted by Crippen LogP contribution is -1.96. The van der Waals surface area contributed by atoms with E-state index in [1.54, 1.807) is 6.07 Å². The Bertz CT molecular complexity index is 674. The monoisotopic (exact) mass is 293 g/mol. The maximum absolute atomic E-state index is 13.2. The summed E-state index contributed by atoms with van der Waals surface area (Å²) >= 11 is 0. The molecule has 2 aromatic carbocycles. The molecule has 2 aromatic rings. The van der Waals surface area contributed by atoms with E-state index in [9.17, 15) is 14.5 Å². The van der Waals surface area contributed by atoms with Gasteiger partial charge in [0.2, 0.25) is 5.75 Å². The smallest absolute Gasteiger partial charge is 0.311 e. The highest BCUT2D eigenvalue weighted by Crippen LogP contribution is 2.37. The number of aliphatic hydroxyl groups excluding tert-OH is 1. The zero-order valence-corrected chi connectivity index (χ0v) is 11.1. The van der Waals surface area contributed by atoms with Gasteiger partial charge in [0.1, 0.15) is 5.82 Å². The van der Waals surface area contributed by atoms with Crippen molar-refractivity contribution in [2.75, 3.05) is 7.11 Å². The zero-order valence-electron chi connectivity index (χ0n) is 11.1. The minimum atomic E-state index is -0.663. The number of ether oxygens (including phenoxy) is 2. The fraction of sp³-hybridized carbons (Fsp3) is 0.143. The molecule has 2 rings (SSSR count). The van der Waals surface area contributed by atoms with Crippen LogP contribution in [0.4, 0.5) is 10.1 Å². The lowest BCUT2D eigenvalue weighted by atomic mass is 10.2. The summed E-state index contributed by atoms with van der Waals surface area (Å²) in [5.41, 5.74) is 0.234. The molecule has 0 aliphatic carbocycles. The van der Waals surface area contributed by atoms with Crippen LogP contribution in [0.5, 0.6) is 17.2 Å². The molecule has 0 saturated carbocycles. The van der Waals surface area contributed by atoms with E-state index in [4.69, 9.17) is 14.6 Å². The van der Waals surface area contributed by atoms with Gasteiger partial charge >= 0.3 is 5.69 Å². The molecule has 0 saturated heterocycles. The molecule has 0 aromatic heterocycles. The van der Waals surface area contributed by atoms with Crippen molar-refractivity contribution in [2.24, 2.45) is 0 Å². The quantitative estimate of drug-likeness (QED) is 0.677. The van der Waals surface area contributed by atoms with Crippen LogP contribution in [0.3, 0.4) is 0 Å². The normalized spacial score (nSPS) is 10.2. The SMILES string of the molecule is COc1cc(CO)ccc1Oc1cc(F)ccc1[N+](=O)[O-]. The number of rotatable bonds is 5. The molecule has 110 valence electrons. The van der Waals surface area contributed by atoms with E-state index in [1.165, 1.54) is 19.2 Å². The van der Waals surface area contributed by atoms with Crippen molar-refractivity contribution in [3.8, 4) is 17.2 Å². The summed E-state index contributed by atoms with van der Waals surface area (Å²) in [5.74, 6) is -0.417. The van der Waals surface area contributed by atoms with E-state index in [1.807, 2.05) is 0 Å². The van der Waals surface area contributed by atoms with Gasteiger partial charge in [0.15, 0.2) is 11.5 Å². The molecule has 0 atom stereocenters. The molecule has 7 heteroatoms. The summed E-state index contributed by atoms with van der Waals surface area (Å²) in [6.45, 7) is -0.184. The van der Waals surface area contributed by atoms with E-state index in [0.29, 0.717) is 5.56 Å². The van der Waals surface area contributed by atoms with Crippen LogP contribution in [0, 0.1) is 15.9 Å². The summed E-state index contributed by atoms with van der Waals surface area (Å²) in [5, 5.41) is 20.0. The van der Waals surface area contributed by atoms with Gasteiger partial charge in [-0.2, -0.15) is 0 Å². The number of halogens is 1. The molecule has 21 heavy (non-hydrogen) atoms. The van der Waals surface area contributed by atoms with Crippen LogP contribution >= 0.6 is 0 Å². The summed E-state index contributed by atoms with van der Waals surface area (Å²) in [7, 11) is 1.39. The second-order valence-corrected chi connectivity index (χ2v) is 4.11. The number of aliphatic hydroxyl groups is 1. The third-order valence-corrected chi connectivity index (χ3v) is 2.75. The van der Waals surface area contributed by atoms with Gasteiger partial charge in [-0.15, -0.1) is 0 Å². The van der Waals surface area contributed by atoms with E-state index >= 15 is 0 Å². The van der Waals surface area contributed by atoms with Gasteiger partial charge in [-0.05, 0) is 23.8 Å². The molecule has 0 unspecified atom stereocenters. The minimum Gasteiger partial charge on any atom is -0.493 e. The molecule has 0 aliphatic heterocycles. The number of nitro benzene ring substituents is 1. The summed E-state index contributed by atoms with van der Waals surface area (Å²) in [6.07, 6.45) is 0. The Morgan fingerprint density at radius 3 is 2.57 bits per heavy atom. The molecular formula is C14H12FNO5. The molecule has 6 nitrogen and oxygen atoms in total. The first-order chi connectivity index (χ1) is 10.0. The highest BCUT2D eigenvalue weighted by molar-refractivity contribution is 5.51. The lowest BCUT2D eigenvalue weighted by molar-refractivity contribution is -0.385. The van der Waals surface area contributed by atoms with Crippen LogP contribution in [-0.2, 0) is 6.61 Å².